The van der Waals surface area contributed by atoms with Crippen LogP contribution in [0.2, 0.25) is 0 Å². The Bertz CT molecular complexity index is 714. The number of benzene rings is 1. The van der Waals surface area contributed by atoms with Crippen molar-refractivity contribution < 1.29 is 18.0 Å². The molecule has 0 radical (unpaired) electrons. The van der Waals surface area contributed by atoms with E-state index in [0.29, 0.717) is 17.0 Å². The number of alkyl halides is 3. The third-order valence-corrected chi connectivity index (χ3v) is 3.51. The molecule has 1 aliphatic heterocycles. The zero-order chi connectivity index (χ0) is 15.2. The SMILES string of the molecule is Cc1cccc(C(F)(F)F)c1C1C=CC2=NC(=O)NC2=C1. The fraction of sp³-hybridized carbons (Fsp3) is 0.200. The van der Waals surface area contributed by atoms with Crippen molar-refractivity contribution in [3.63, 3.8) is 0 Å². The minimum Gasteiger partial charge on any atom is -0.304 e. The molecule has 0 saturated carbocycles. The van der Waals surface area contributed by atoms with Crippen molar-refractivity contribution in [3.05, 3.63) is 58.8 Å². The highest BCUT2D eigenvalue weighted by molar-refractivity contribution is 6.19. The standard InChI is InChI=1S/C15H11F3N2O/c1-8-3-2-4-10(15(16,17)18)13(8)9-5-6-11-12(7-9)20-14(21)19-11/h2-7,9H,1H3,(H,20,21). The number of aryl methyl sites for hydroxylation is 1. The molecule has 3 nitrogen and oxygen atoms in total. The lowest BCUT2D eigenvalue weighted by Gasteiger charge is -2.21. The monoisotopic (exact) mass is 292 g/mol. The van der Waals surface area contributed by atoms with Gasteiger partial charge in [-0.15, -0.1) is 0 Å². The van der Waals surface area contributed by atoms with E-state index < -0.39 is 23.7 Å². The molecule has 0 fully saturated rings. The van der Waals surface area contributed by atoms with E-state index in [2.05, 4.69) is 10.3 Å². The molecular weight excluding hydrogens is 281 g/mol. The first-order valence-electron chi connectivity index (χ1n) is 6.33. The second kappa shape index (κ2) is 4.58. The number of hydrogen-bond acceptors (Lipinski definition) is 1. The van der Waals surface area contributed by atoms with E-state index in [-0.39, 0.29) is 5.56 Å². The van der Waals surface area contributed by atoms with E-state index in [1.54, 1.807) is 31.2 Å². The van der Waals surface area contributed by atoms with Crippen LogP contribution in [0.3, 0.4) is 0 Å². The first-order valence-corrected chi connectivity index (χ1v) is 6.33. The minimum absolute atomic E-state index is 0.203. The Kier molecular flexibility index (Phi) is 2.97. The van der Waals surface area contributed by atoms with Gasteiger partial charge in [0.15, 0.2) is 0 Å². The zero-order valence-corrected chi connectivity index (χ0v) is 11.0. The highest BCUT2D eigenvalue weighted by atomic mass is 19.4. The van der Waals surface area contributed by atoms with Gasteiger partial charge in [0.05, 0.1) is 17.0 Å². The molecule has 0 saturated heterocycles. The van der Waals surface area contributed by atoms with Gasteiger partial charge < -0.3 is 5.32 Å². The molecule has 1 N–H and O–H groups in total. The van der Waals surface area contributed by atoms with Crippen LogP contribution in [-0.4, -0.2) is 11.7 Å². The molecule has 2 amide bonds. The van der Waals surface area contributed by atoms with Crippen molar-refractivity contribution in [2.45, 2.75) is 19.0 Å². The summed E-state index contributed by atoms with van der Waals surface area (Å²) in [5.74, 6) is -0.546. The molecule has 1 atom stereocenters. The fourth-order valence-corrected chi connectivity index (χ4v) is 2.61. The first kappa shape index (κ1) is 13.6. The number of urea groups is 1. The van der Waals surface area contributed by atoms with Crippen LogP contribution in [0.1, 0.15) is 22.6 Å². The number of fused-ring (bicyclic) bond motifs is 1. The molecule has 3 rings (SSSR count). The van der Waals surface area contributed by atoms with Gasteiger partial charge in [0.2, 0.25) is 0 Å². The summed E-state index contributed by atoms with van der Waals surface area (Å²) in [4.78, 5) is 14.9. The fourth-order valence-electron chi connectivity index (χ4n) is 2.61. The van der Waals surface area contributed by atoms with Crippen molar-refractivity contribution >= 4 is 11.7 Å². The van der Waals surface area contributed by atoms with E-state index in [0.717, 1.165) is 6.07 Å². The zero-order valence-electron chi connectivity index (χ0n) is 11.0. The molecule has 6 heteroatoms. The molecule has 21 heavy (non-hydrogen) atoms. The number of allylic oxidation sites excluding steroid dienone is 3. The van der Waals surface area contributed by atoms with Crippen molar-refractivity contribution in [2.24, 2.45) is 4.99 Å². The number of aliphatic imine (C=N–C) groups is 1. The number of nitrogens with one attached hydrogen (secondary N) is 1. The number of hydrogen-bond donors (Lipinski definition) is 1. The van der Waals surface area contributed by atoms with Gasteiger partial charge >= 0.3 is 12.2 Å². The molecule has 0 spiro atoms. The maximum atomic E-state index is 13.2. The van der Waals surface area contributed by atoms with Gasteiger partial charge in [-0.3, -0.25) is 0 Å². The minimum atomic E-state index is -4.42. The first-order chi connectivity index (χ1) is 9.86. The lowest BCUT2D eigenvalue weighted by atomic mass is 9.86. The summed E-state index contributed by atoms with van der Waals surface area (Å²) in [7, 11) is 0. The Hall–Kier alpha value is -2.37. The van der Waals surface area contributed by atoms with Crippen molar-refractivity contribution in [1.82, 2.24) is 5.32 Å². The molecule has 0 bridgehead atoms. The largest absolute Gasteiger partial charge is 0.416 e. The summed E-state index contributed by atoms with van der Waals surface area (Å²) < 4.78 is 39.5. The van der Waals surface area contributed by atoms with Crippen molar-refractivity contribution in [1.29, 1.82) is 0 Å². The molecule has 1 aromatic carbocycles. The Labute approximate surface area is 118 Å². The molecule has 1 aromatic rings. The van der Waals surface area contributed by atoms with E-state index in [9.17, 15) is 18.0 Å². The third kappa shape index (κ3) is 2.37. The normalized spacial score (nSPS) is 20.8. The topological polar surface area (TPSA) is 41.5 Å². The van der Waals surface area contributed by atoms with Crippen LogP contribution in [0.25, 0.3) is 0 Å². The summed E-state index contributed by atoms with van der Waals surface area (Å²) >= 11 is 0. The van der Waals surface area contributed by atoms with E-state index in [1.807, 2.05) is 0 Å². The van der Waals surface area contributed by atoms with Gasteiger partial charge in [0, 0.05) is 5.92 Å². The van der Waals surface area contributed by atoms with Gasteiger partial charge in [-0.2, -0.15) is 18.2 Å². The smallest absolute Gasteiger partial charge is 0.304 e. The summed E-state index contributed by atoms with van der Waals surface area (Å²) in [6.45, 7) is 1.65. The molecule has 2 aliphatic rings. The van der Waals surface area contributed by atoms with Crippen LogP contribution in [-0.2, 0) is 6.18 Å². The second-order valence-corrected chi connectivity index (χ2v) is 4.93. The summed E-state index contributed by atoms with van der Waals surface area (Å²) in [5, 5.41) is 2.52. The maximum absolute atomic E-state index is 13.2. The Balaban J connectivity index is 2.09. The van der Waals surface area contributed by atoms with Crippen molar-refractivity contribution in [3.8, 4) is 0 Å². The van der Waals surface area contributed by atoms with Gasteiger partial charge in [-0.25, -0.2) is 4.79 Å². The van der Waals surface area contributed by atoms with Crippen molar-refractivity contribution in [2.75, 3.05) is 0 Å². The molecular formula is C15H11F3N2O. The van der Waals surface area contributed by atoms with E-state index in [1.165, 1.54) is 6.07 Å². The highest BCUT2D eigenvalue weighted by Crippen LogP contribution is 2.39. The Morgan fingerprint density at radius 2 is 2.05 bits per heavy atom. The van der Waals surface area contributed by atoms with Crippen LogP contribution in [0.4, 0.5) is 18.0 Å². The summed E-state index contributed by atoms with van der Waals surface area (Å²) in [6.07, 6.45) is 0.382. The lowest BCUT2D eigenvalue weighted by Crippen LogP contribution is -2.19. The number of carbonyl (C=O) groups excluding carboxylic acids is 1. The average Bonchev–Trinajstić information content (AvgIpc) is 2.76. The van der Waals surface area contributed by atoms with Crippen LogP contribution >= 0.6 is 0 Å². The predicted molar refractivity (Wildman–Crippen MR) is 72.1 cm³/mol. The Morgan fingerprint density at radius 3 is 2.76 bits per heavy atom. The van der Waals surface area contributed by atoms with Gasteiger partial charge in [0.25, 0.3) is 0 Å². The second-order valence-electron chi connectivity index (χ2n) is 4.93. The van der Waals surface area contributed by atoms with E-state index >= 15 is 0 Å². The highest BCUT2D eigenvalue weighted by Gasteiger charge is 2.36. The molecule has 1 unspecified atom stereocenters. The number of amides is 2. The van der Waals surface area contributed by atoms with Crippen LogP contribution < -0.4 is 5.32 Å². The van der Waals surface area contributed by atoms with Crippen LogP contribution in [0.5, 0.6) is 0 Å². The van der Waals surface area contributed by atoms with E-state index in [4.69, 9.17) is 0 Å². The maximum Gasteiger partial charge on any atom is 0.416 e. The third-order valence-electron chi connectivity index (χ3n) is 3.51. The molecule has 1 aliphatic carbocycles. The summed E-state index contributed by atoms with van der Waals surface area (Å²) in [6, 6.07) is 3.62. The van der Waals surface area contributed by atoms with Gasteiger partial charge in [-0.1, -0.05) is 18.2 Å². The summed E-state index contributed by atoms with van der Waals surface area (Å²) in [5.41, 5.74) is 1.02. The predicted octanol–water partition coefficient (Wildman–Crippen LogP) is 3.72. The quantitative estimate of drug-likeness (QED) is 0.842. The Morgan fingerprint density at radius 1 is 1.29 bits per heavy atom. The number of nitrogens with zero attached hydrogens (tertiary/aromatic N) is 1. The number of rotatable bonds is 1. The average molecular weight is 292 g/mol. The molecule has 0 aromatic heterocycles. The number of halogens is 3. The van der Waals surface area contributed by atoms with Gasteiger partial charge in [0.1, 0.15) is 0 Å². The van der Waals surface area contributed by atoms with Crippen LogP contribution in [0.15, 0.2) is 47.1 Å². The van der Waals surface area contributed by atoms with Gasteiger partial charge in [-0.05, 0) is 36.3 Å². The molecule has 1 heterocycles. The lowest BCUT2D eigenvalue weighted by molar-refractivity contribution is -0.138. The number of carbonyl (C=O) groups is 1. The van der Waals surface area contributed by atoms with Crippen LogP contribution in [0, 0.1) is 6.92 Å². The molecule has 108 valence electrons.